The number of carbonyl (C=O) groups is 1. The molecule has 5 rings (SSSR count). The summed E-state index contributed by atoms with van der Waals surface area (Å²) in [7, 11) is 0. The molecule has 7 nitrogen and oxygen atoms in total. The number of amides is 1. The predicted octanol–water partition coefficient (Wildman–Crippen LogP) is 5.50. The van der Waals surface area contributed by atoms with E-state index in [1.165, 1.54) is 11.6 Å². The molecule has 9 heteroatoms. The maximum atomic E-state index is 14.0. The number of fused-ring (bicyclic) bond motifs is 1. The summed E-state index contributed by atoms with van der Waals surface area (Å²) >= 11 is 3.42. The van der Waals surface area contributed by atoms with Crippen LogP contribution in [0.2, 0.25) is 0 Å². The zero-order chi connectivity index (χ0) is 24.5. The minimum absolute atomic E-state index is 0.0265. The first-order valence-corrected chi connectivity index (χ1v) is 11.8. The maximum absolute atomic E-state index is 14.0. The van der Waals surface area contributed by atoms with Gasteiger partial charge in [-0.05, 0) is 53.0 Å². The van der Waals surface area contributed by atoms with Crippen LogP contribution in [0.1, 0.15) is 16.8 Å². The summed E-state index contributed by atoms with van der Waals surface area (Å²) in [6, 6.07) is 16.8. The molecule has 5 aromatic rings. The Morgan fingerprint density at radius 2 is 1.83 bits per heavy atom. The molecule has 0 radical (unpaired) electrons. The van der Waals surface area contributed by atoms with Gasteiger partial charge in [0.15, 0.2) is 11.5 Å². The highest BCUT2D eigenvalue weighted by Crippen LogP contribution is 2.30. The fraction of sp³-hybridized carbons (Fsp3) is 0.154. The van der Waals surface area contributed by atoms with Crippen LogP contribution in [0.5, 0.6) is 0 Å². The molecule has 176 valence electrons. The molecule has 3 aromatic heterocycles. The smallest absolute Gasteiger partial charge is 0.247 e. The lowest BCUT2D eigenvalue weighted by Gasteiger charge is -2.06. The van der Waals surface area contributed by atoms with Crippen LogP contribution in [0.3, 0.4) is 0 Å². The lowest BCUT2D eigenvalue weighted by molar-refractivity contribution is -0.116. The van der Waals surface area contributed by atoms with Gasteiger partial charge in [-0.25, -0.2) is 14.1 Å². The van der Waals surface area contributed by atoms with Crippen LogP contribution in [0.15, 0.2) is 71.5 Å². The van der Waals surface area contributed by atoms with Gasteiger partial charge in [0.25, 0.3) is 0 Å². The van der Waals surface area contributed by atoms with E-state index in [2.05, 4.69) is 67.6 Å². The number of aromatic nitrogens is 5. The SMILES string of the molecule is Cc1ccc(-c2ccnc3c2c(C)nn3CC(=O)Nc2nn(Cc3ccccc3F)cc2Br)cc1. The van der Waals surface area contributed by atoms with E-state index in [0.717, 1.165) is 22.2 Å². The van der Waals surface area contributed by atoms with E-state index in [0.29, 0.717) is 21.5 Å². The summed E-state index contributed by atoms with van der Waals surface area (Å²) < 4.78 is 17.8. The van der Waals surface area contributed by atoms with E-state index >= 15 is 0 Å². The first kappa shape index (κ1) is 22.9. The van der Waals surface area contributed by atoms with Crippen molar-refractivity contribution in [3.8, 4) is 11.1 Å². The summed E-state index contributed by atoms with van der Waals surface area (Å²) in [5, 5.41) is 12.7. The summed E-state index contributed by atoms with van der Waals surface area (Å²) in [4.78, 5) is 17.4. The standard InChI is InChI=1S/C26H22BrFN6O/c1-16-7-9-18(10-8-16)20-11-12-29-26-24(20)17(2)31-34(26)15-23(35)30-25-21(27)14-33(32-25)13-19-5-3-4-6-22(19)28/h3-12,14H,13,15H2,1-2H3,(H,30,32,35). The molecule has 0 aliphatic carbocycles. The van der Waals surface area contributed by atoms with Gasteiger partial charge in [0.2, 0.25) is 5.91 Å². The van der Waals surface area contributed by atoms with E-state index in [-0.39, 0.29) is 24.8 Å². The molecule has 0 saturated carbocycles. The average molecular weight is 533 g/mol. The first-order valence-electron chi connectivity index (χ1n) is 11.0. The molecule has 2 aromatic carbocycles. The van der Waals surface area contributed by atoms with E-state index in [1.807, 2.05) is 13.0 Å². The topological polar surface area (TPSA) is 77.6 Å². The number of halogens is 2. The number of carbonyl (C=O) groups excluding carboxylic acids is 1. The minimum atomic E-state index is -0.303. The van der Waals surface area contributed by atoms with Crippen molar-refractivity contribution in [3.63, 3.8) is 0 Å². The molecule has 0 spiro atoms. The fourth-order valence-corrected chi connectivity index (χ4v) is 4.45. The average Bonchev–Trinajstić information content (AvgIpc) is 3.34. The molecule has 0 aliphatic rings. The van der Waals surface area contributed by atoms with Gasteiger partial charge in [-0.15, -0.1) is 0 Å². The second-order valence-corrected chi connectivity index (χ2v) is 9.18. The Bertz CT molecular complexity index is 1540. The summed E-state index contributed by atoms with van der Waals surface area (Å²) in [5.41, 5.74) is 5.22. The molecule has 0 bridgehead atoms. The number of pyridine rings is 1. The highest BCUT2D eigenvalue weighted by atomic mass is 79.9. The lowest BCUT2D eigenvalue weighted by atomic mass is 10.0. The van der Waals surface area contributed by atoms with Crippen LogP contribution in [0.4, 0.5) is 10.2 Å². The molecular formula is C26H22BrFN6O. The molecule has 3 heterocycles. The normalized spacial score (nSPS) is 11.2. The van der Waals surface area contributed by atoms with Gasteiger partial charge in [0.1, 0.15) is 12.4 Å². The number of anilines is 1. The Morgan fingerprint density at radius 3 is 2.60 bits per heavy atom. The summed E-state index contributed by atoms with van der Waals surface area (Å²) in [5.74, 6) is -0.246. The van der Waals surface area contributed by atoms with Crippen molar-refractivity contribution in [3.05, 3.63) is 94.1 Å². The molecule has 1 N–H and O–H groups in total. The maximum Gasteiger partial charge on any atom is 0.247 e. The number of nitrogens with zero attached hydrogens (tertiary/aromatic N) is 5. The molecule has 0 aliphatic heterocycles. The summed E-state index contributed by atoms with van der Waals surface area (Å²) in [6.45, 7) is 4.18. The Hall–Kier alpha value is -3.85. The quantitative estimate of drug-likeness (QED) is 0.313. The van der Waals surface area contributed by atoms with Crippen LogP contribution in [0.25, 0.3) is 22.2 Å². The largest absolute Gasteiger partial charge is 0.307 e. The zero-order valence-corrected chi connectivity index (χ0v) is 20.8. The van der Waals surface area contributed by atoms with Gasteiger partial charge >= 0.3 is 0 Å². The third-order valence-electron chi connectivity index (χ3n) is 5.73. The van der Waals surface area contributed by atoms with Crippen molar-refractivity contribution in [2.24, 2.45) is 0 Å². The van der Waals surface area contributed by atoms with Crippen molar-refractivity contribution in [1.29, 1.82) is 0 Å². The number of benzene rings is 2. The highest BCUT2D eigenvalue weighted by molar-refractivity contribution is 9.10. The zero-order valence-electron chi connectivity index (χ0n) is 19.2. The Balaban J connectivity index is 1.36. The number of aryl methyl sites for hydroxylation is 2. The molecule has 0 unspecified atom stereocenters. The van der Waals surface area contributed by atoms with E-state index < -0.39 is 0 Å². The van der Waals surface area contributed by atoms with Crippen molar-refractivity contribution >= 4 is 38.7 Å². The lowest BCUT2D eigenvalue weighted by Crippen LogP contribution is -2.20. The van der Waals surface area contributed by atoms with Gasteiger partial charge in [-0.2, -0.15) is 10.2 Å². The fourth-order valence-electron chi connectivity index (χ4n) is 4.04. The van der Waals surface area contributed by atoms with Crippen molar-refractivity contribution in [2.45, 2.75) is 26.9 Å². The third-order valence-corrected chi connectivity index (χ3v) is 6.31. The van der Waals surface area contributed by atoms with Gasteiger partial charge in [0, 0.05) is 23.3 Å². The van der Waals surface area contributed by atoms with E-state index in [9.17, 15) is 9.18 Å². The number of hydrogen-bond acceptors (Lipinski definition) is 4. The van der Waals surface area contributed by atoms with Crippen molar-refractivity contribution in [2.75, 3.05) is 5.32 Å². The van der Waals surface area contributed by atoms with E-state index in [1.54, 1.807) is 40.0 Å². The Kier molecular flexibility index (Phi) is 6.17. The summed E-state index contributed by atoms with van der Waals surface area (Å²) in [6.07, 6.45) is 3.43. The first-order chi connectivity index (χ1) is 16.9. The van der Waals surface area contributed by atoms with E-state index in [4.69, 9.17) is 0 Å². The van der Waals surface area contributed by atoms with Crippen LogP contribution < -0.4 is 5.32 Å². The second kappa shape index (κ2) is 9.42. The van der Waals surface area contributed by atoms with Gasteiger partial charge in [-0.3, -0.25) is 9.48 Å². The van der Waals surface area contributed by atoms with Crippen LogP contribution >= 0.6 is 15.9 Å². The van der Waals surface area contributed by atoms with Gasteiger partial charge in [0.05, 0.1) is 16.7 Å². The molecule has 1 amide bonds. The Morgan fingerprint density at radius 1 is 1.06 bits per heavy atom. The minimum Gasteiger partial charge on any atom is -0.307 e. The molecular weight excluding hydrogens is 511 g/mol. The second-order valence-electron chi connectivity index (χ2n) is 8.33. The molecule has 0 saturated heterocycles. The van der Waals surface area contributed by atoms with Crippen molar-refractivity contribution < 1.29 is 9.18 Å². The highest BCUT2D eigenvalue weighted by Gasteiger charge is 2.17. The van der Waals surface area contributed by atoms with Crippen LogP contribution in [-0.4, -0.2) is 30.5 Å². The number of nitrogens with one attached hydrogen (secondary N) is 1. The predicted molar refractivity (Wildman–Crippen MR) is 136 cm³/mol. The number of hydrogen-bond donors (Lipinski definition) is 1. The monoisotopic (exact) mass is 532 g/mol. The van der Waals surface area contributed by atoms with Gasteiger partial charge < -0.3 is 5.32 Å². The number of rotatable bonds is 6. The third kappa shape index (κ3) is 4.72. The van der Waals surface area contributed by atoms with Crippen LogP contribution in [-0.2, 0) is 17.9 Å². The van der Waals surface area contributed by atoms with Gasteiger partial charge in [-0.1, -0.05) is 48.0 Å². The molecule has 0 fully saturated rings. The Labute approximate surface area is 209 Å². The van der Waals surface area contributed by atoms with Crippen LogP contribution in [0, 0.1) is 19.7 Å². The molecule has 0 atom stereocenters. The molecule has 35 heavy (non-hydrogen) atoms. The van der Waals surface area contributed by atoms with Crippen molar-refractivity contribution in [1.82, 2.24) is 24.5 Å².